The Morgan fingerprint density at radius 3 is 2.76 bits per heavy atom. The average Bonchev–Trinajstić information content (AvgIpc) is 3.01. The van der Waals surface area contributed by atoms with Gasteiger partial charge in [0.25, 0.3) is 0 Å². The summed E-state index contributed by atoms with van der Waals surface area (Å²) in [6.07, 6.45) is 3.47. The molecule has 0 radical (unpaired) electrons. The second-order valence-electron chi connectivity index (χ2n) is 6.40. The predicted octanol–water partition coefficient (Wildman–Crippen LogP) is 3.35. The summed E-state index contributed by atoms with van der Waals surface area (Å²) < 4.78 is 2.04. The highest BCUT2D eigenvalue weighted by atomic mass is 16.3. The molecule has 2 aromatic carbocycles. The summed E-state index contributed by atoms with van der Waals surface area (Å²) in [6.45, 7) is 0.239. The van der Waals surface area contributed by atoms with Crippen molar-refractivity contribution in [1.82, 2.24) is 9.88 Å². The number of aliphatic hydroxyl groups is 1. The molecule has 4 nitrogen and oxygen atoms in total. The number of benzene rings is 2. The molecule has 0 spiro atoms. The second-order valence-corrected chi connectivity index (χ2v) is 6.40. The van der Waals surface area contributed by atoms with Crippen LogP contribution in [0.25, 0.3) is 10.9 Å². The zero-order chi connectivity index (χ0) is 17.6. The number of hydrogen-bond acceptors (Lipinski definition) is 2. The van der Waals surface area contributed by atoms with E-state index in [4.69, 9.17) is 0 Å². The molecule has 1 heterocycles. The maximum atomic E-state index is 12.0. The molecule has 0 aliphatic carbocycles. The number of carbonyl (C=O) groups excluding carboxylic acids is 1. The molecule has 4 heteroatoms. The van der Waals surface area contributed by atoms with Crippen molar-refractivity contribution in [2.24, 2.45) is 7.05 Å². The van der Waals surface area contributed by atoms with Crippen LogP contribution in [0.2, 0.25) is 0 Å². The van der Waals surface area contributed by atoms with Crippen molar-refractivity contribution in [3.63, 3.8) is 0 Å². The number of aliphatic hydroxyl groups excluding tert-OH is 1. The number of hydrogen-bond donors (Lipinski definition) is 2. The molecule has 25 heavy (non-hydrogen) atoms. The molecule has 3 rings (SSSR count). The maximum Gasteiger partial charge on any atom is 0.220 e. The summed E-state index contributed by atoms with van der Waals surface area (Å²) >= 11 is 0. The third kappa shape index (κ3) is 4.48. The van der Waals surface area contributed by atoms with E-state index in [0.717, 1.165) is 29.3 Å². The summed E-state index contributed by atoms with van der Waals surface area (Å²) in [7, 11) is 1.99. The van der Waals surface area contributed by atoms with Crippen LogP contribution in [0, 0.1) is 0 Å². The molecular weight excluding hydrogens is 312 g/mol. The van der Waals surface area contributed by atoms with E-state index in [1.165, 1.54) is 5.56 Å². The number of aryl methyl sites for hydroxylation is 2. The smallest absolute Gasteiger partial charge is 0.220 e. The first-order valence-corrected chi connectivity index (χ1v) is 8.67. The first kappa shape index (κ1) is 17.2. The van der Waals surface area contributed by atoms with Crippen molar-refractivity contribution >= 4 is 16.8 Å². The highest BCUT2D eigenvalue weighted by Crippen LogP contribution is 2.20. The van der Waals surface area contributed by atoms with E-state index >= 15 is 0 Å². The Kier molecular flexibility index (Phi) is 5.51. The molecule has 0 saturated carbocycles. The first-order valence-electron chi connectivity index (χ1n) is 8.67. The van der Waals surface area contributed by atoms with Gasteiger partial charge in [-0.05, 0) is 47.6 Å². The lowest BCUT2D eigenvalue weighted by molar-refractivity contribution is -0.121. The highest BCUT2D eigenvalue weighted by molar-refractivity contribution is 5.81. The van der Waals surface area contributed by atoms with E-state index in [0.29, 0.717) is 6.42 Å². The molecule has 0 bridgehead atoms. The maximum absolute atomic E-state index is 12.0. The number of rotatable bonds is 7. The van der Waals surface area contributed by atoms with Gasteiger partial charge < -0.3 is 15.0 Å². The van der Waals surface area contributed by atoms with Crippen molar-refractivity contribution in [3.8, 4) is 0 Å². The summed E-state index contributed by atoms with van der Waals surface area (Å²) in [5.41, 5.74) is 3.19. The Bertz CT molecular complexity index is 839. The molecule has 0 aliphatic heterocycles. The third-order valence-corrected chi connectivity index (χ3v) is 4.50. The number of aromatic nitrogens is 1. The zero-order valence-electron chi connectivity index (χ0n) is 14.5. The van der Waals surface area contributed by atoms with Crippen LogP contribution in [0.5, 0.6) is 0 Å². The van der Waals surface area contributed by atoms with Gasteiger partial charge >= 0.3 is 0 Å². The Hall–Kier alpha value is -2.59. The number of fused-ring (bicyclic) bond motifs is 1. The summed E-state index contributed by atoms with van der Waals surface area (Å²) in [4.78, 5) is 12.0. The molecule has 0 aliphatic rings. The molecule has 3 aromatic rings. The molecule has 0 saturated heterocycles. The van der Waals surface area contributed by atoms with Crippen molar-refractivity contribution in [2.45, 2.75) is 25.4 Å². The molecule has 1 unspecified atom stereocenters. The van der Waals surface area contributed by atoms with E-state index in [-0.39, 0.29) is 12.5 Å². The lowest BCUT2D eigenvalue weighted by atomic mass is 10.1. The number of nitrogens with zero attached hydrogens (tertiary/aromatic N) is 1. The van der Waals surface area contributed by atoms with Crippen LogP contribution in [0.4, 0.5) is 0 Å². The largest absolute Gasteiger partial charge is 0.387 e. The minimum absolute atomic E-state index is 0.0178. The average molecular weight is 336 g/mol. The number of nitrogens with one attached hydrogen (secondary N) is 1. The molecule has 1 amide bonds. The lowest BCUT2D eigenvalue weighted by Gasteiger charge is -2.13. The van der Waals surface area contributed by atoms with Crippen LogP contribution in [-0.2, 0) is 18.3 Å². The van der Waals surface area contributed by atoms with Gasteiger partial charge in [0.2, 0.25) is 5.91 Å². The summed E-state index contributed by atoms with van der Waals surface area (Å²) in [6, 6.07) is 18.1. The van der Waals surface area contributed by atoms with Gasteiger partial charge in [-0.1, -0.05) is 36.4 Å². The first-order chi connectivity index (χ1) is 12.1. The molecule has 1 atom stereocenters. The van der Waals surface area contributed by atoms with Gasteiger partial charge in [0.1, 0.15) is 0 Å². The van der Waals surface area contributed by atoms with Gasteiger partial charge in [-0.2, -0.15) is 0 Å². The normalized spacial score (nSPS) is 12.2. The number of amides is 1. The van der Waals surface area contributed by atoms with Gasteiger partial charge in [0.15, 0.2) is 0 Å². The molecule has 0 fully saturated rings. The Labute approximate surface area is 148 Å². The molecule has 130 valence electrons. The minimum atomic E-state index is -0.692. The van der Waals surface area contributed by atoms with E-state index < -0.39 is 6.10 Å². The van der Waals surface area contributed by atoms with Crippen molar-refractivity contribution in [3.05, 3.63) is 71.9 Å². The van der Waals surface area contributed by atoms with E-state index in [2.05, 4.69) is 17.4 Å². The van der Waals surface area contributed by atoms with Crippen molar-refractivity contribution in [1.29, 1.82) is 0 Å². The van der Waals surface area contributed by atoms with Crippen LogP contribution >= 0.6 is 0 Å². The van der Waals surface area contributed by atoms with Crippen LogP contribution in [0.15, 0.2) is 60.8 Å². The molecular formula is C21H24N2O2. The van der Waals surface area contributed by atoms with E-state index in [1.807, 2.05) is 60.3 Å². The molecule has 2 N–H and O–H groups in total. The minimum Gasteiger partial charge on any atom is -0.387 e. The van der Waals surface area contributed by atoms with E-state index in [1.54, 1.807) is 0 Å². The standard InChI is InChI=1S/C21H24N2O2/c1-23-13-12-17-14-18(10-11-19(17)23)20(24)15-22-21(25)9-5-8-16-6-3-2-4-7-16/h2-4,6-7,10-14,20,24H,5,8-9,15H2,1H3,(H,22,25). The van der Waals surface area contributed by atoms with Crippen molar-refractivity contribution < 1.29 is 9.90 Å². The van der Waals surface area contributed by atoms with Crippen LogP contribution in [0.3, 0.4) is 0 Å². The Balaban J connectivity index is 1.45. The quantitative estimate of drug-likeness (QED) is 0.695. The highest BCUT2D eigenvalue weighted by Gasteiger charge is 2.11. The third-order valence-electron chi connectivity index (χ3n) is 4.50. The fourth-order valence-electron chi connectivity index (χ4n) is 3.02. The fraction of sp³-hybridized carbons (Fsp3) is 0.286. The van der Waals surface area contributed by atoms with Gasteiger partial charge in [0, 0.05) is 31.7 Å². The van der Waals surface area contributed by atoms with E-state index in [9.17, 15) is 9.90 Å². The Morgan fingerprint density at radius 2 is 1.96 bits per heavy atom. The van der Waals surface area contributed by atoms with Gasteiger partial charge in [-0.15, -0.1) is 0 Å². The Morgan fingerprint density at radius 1 is 1.16 bits per heavy atom. The van der Waals surface area contributed by atoms with Gasteiger partial charge in [0.05, 0.1) is 6.10 Å². The summed E-state index contributed by atoms with van der Waals surface area (Å²) in [5.74, 6) is -0.0178. The van der Waals surface area contributed by atoms with Gasteiger partial charge in [-0.3, -0.25) is 4.79 Å². The molecule has 1 aromatic heterocycles. The predicted molar refractivity (Wildman–Crippen MR) is 100 cm³/mol. The zero-order valence-corrected chi connectivity index (χ0v) is 14.5. The topological polar surface area (TPSA) is 54.3 Å². The monoisotopic (exact) mass is 336 g/mol. The lowest BCUT2D eigenvalue weighted by Crippen LogP contribution is -2.28. The van der Waals surface area contributed by atoms with Crippen LogP contribution in [-0.4, -0.2) is 22.1 Å². The second kappa shape index (κ2) is 7.99. The van der Waals surface area contributed by atoms with Gasteiger partial charge in [-0.25, -0.2) is 0 Å². The fourth-order valence-corrected chi connectivity index (χ4v) is 3.02. The van der Waals surface area contributed by atoms with Crippen molar-refractivity contribution in [2.75, 3.05) is 6.54 Å². The van der Waals surface area contributed by atoms with Crippen LogP contribution in [0.1, 0.15) is 30.1 Å². The van der Waals surface area contributed by atoms with Crippen LogP contribution < -0.4 is 5.32 Å². The number of carbonyl (C=O) groups is 1. The summed E-state index contributed by atoms with van der Waals surface area (Å²) in [5, 5.41) is 14.2. The SMILES string of the molecule is Cn1ccc2cc(C(O)CNC(=O)CCCc3ccccc3)ccc21.